The molecule has 24 heavy (non-hydrogen) atoms. The molecular formula is C22H17NO. The zero-order valence-electron chi connectivity index (χ0n) is 13.1. The van der Waals surface area contributed by atoms with Crippen molar-refractivity contribution in [2.24, 2.45) is 0 Å². The molecule has 0 unspecified atom stereocenters. The summed E-state index contributed by atoms with van der Waals surface area (Å²) in [5, 5.41) is 14.0. The van der Waals surface area contributed by atoms with Crippen LogP contribution in [0.3, 0.4) is 0 Å². The van der Waals surface area contributed by atoms with Crippen molar-refractivity contribution in [3.63, 3.8) is 0 Å². The van der Waals surface area contributed by atoms with Crippen molar-refractivity contribution in [3.05, 3.63) is 91.0 Å². The molecule has 0 aliphatic carbocycles. The number of phenolic OH excluding ortho intramolecular Hbond substituents is 1. The predicted octanol–water partition coefficient (Wildman–Crippen LogP) is 5.87. The number of benzene rings is 4. The number of para-hydroxylation sites is 2. The van der Waals surface area contributed by atoms with Crippen molar-refractivity contribution in [1.29, 1.82) is 0 Å². The van der Waals surface area contributed by atoms with E-state index in [9.17, 15) is 5.11 Å². The van der Waals surface area contributed by atoms with Gasteiger partial charge in [0.05, 0.1) is 0 Å². The third-order valence-electron chi connectivity index (χ3n) is 4.18. The zero-order chi connectivity index (χ0) is 16.4. The predicted molar refractivity (Wildman–Crippen MR) is 101 cm³/mol. The van der Waals surface area contributed by atoms with E-state index in [4.69, 9.17) is 0 Å². The van der Waals surface area contributed by atoms with Gasteiger partial charge in [-0.05, 0) is 23.6 Å². The Labute approximate surface area is 140 Å². The van der Waals surface area contributed by atoms with Gasteiger partial charge in [-0.1, -0.05) is 72.8 Å². The fourth-order valence-corrected chi connectivity index (χ4v) is 3.01. The zero-order valence-corrected chi connectivity index (χ0v) is 13.1. The van der Waals surface area contributed by atoms with Crippen molar-refractivity contribution >= 4 is 32.6 Å². The summed E-state index contributed by atoms with van der Waals surface area (Å²) < 4.78 is 0. The second kappa shape index (κ2) is 6.09. The third kappa shape index (κ3) is 2.59. The van der Waals surface area contributed by atoms with Crippen LogP contribution >= 0.6 is 0 Å². The van der Waals surface area contributed by atoms with Gasteiger partial charge in [0.1, 0.15) is 5.75 Å². The largest absolute Gasteiger partial charge is 0.507 e. The lowest BCUT2D eigenvalue weighted by Gasteiger charge is -1.97. The van der Waals surface area contributed by atoms with Gasteiger partial charge in [0.2, 0.25) is 0 Å². The van der Waals surface area contributed by atoms with Crippen molar-refractivity contribution in [2.75, 3.05) is 0 Å². The molecular weight excluding hydrogens is 294 g/mol. The van der Waals surface area contributed by atoms with E-state index < -0.39 is 0 Å². The molecule has 0 saturated heterocycles. The monoisotopic (exact) mass is 311 g/mol. The van der Waals surface area contributed by atoms with Crippen LogP contribution in [0.15, 0.2) is 91.0 Å². The molecule has 0 bridgehead atoms. The maximum atomic E-state index is 9.37. The first-order valence-corrected chi connectivity index (χ1v) is 7.95. The van der Waals surface area contributed by atoms with Gasteiger partial charge in [-0.15, -0.1) is 0 Å². The van der Waals surface area contributed by atoms with Gasteiger partial charge in [-0.25, -0.2) is 0 Å². The van der Waals surface area contributed by atoms with Gasteiger partial charge < -0.3 is 10.1 Å². The highest BCUT2D eigenvalue weighted by Gasteiger charge is 2.00. The molecule has 2 nitrogen and oxygen atoms in total. The average molecular weight is 311 g/mol. The third-order valence-corrected chi connectivity index (χ3v) is 4.18. The number of rotatable bonds is 0. The second-order valence-corrected chi connectivity index (χ2v) is 5.71. The van der Waals surface area contributed by atoms with Gasteiger partial charge >= 0.3 is 0 Å². The molecule has 5 rings (SSSR count). The van der Waals surface area contributed by atoms with E-state index in [0.717, 1.165) is 10.8 Å². The lowest BCUT2D eigenvalue weighted by atomic mass is 10.1. The Morgan fingerprint density at radius 3 is 1.62 bits per heavy atom. The molecule has 0 radical (unpaired) electrons. The Balaban J connectivity index is 0.000000123. The van der Waals surface area contributed by atoms with Gasteiger partial charge in [0, 0.05) is 27.2 Å². The summed E-state index contributed by atoms with van der Waals surface area (Å²) in [6.45, 7) is 0. The highest BCUT2D eigenvalue weighted by Crippen LogP contribution is 2.24. The van der Waals surface area contributed by atoms with Crippen LogP contribution in [-0.4, -0.2) is 10.1 Å². The summed E-state index contributed by atoms with van der Waals surface area (Å²) >= 11 is 0. The number of hydrogen-bond donors (Lipinski definition) is 2. The smallest absolute Gasteiger partial charge is 0.123 e. The van der Waals surface area contributed by atoms with Crippen molar-refractivity contribution < 1.29 is 5.11 Å². The molecule has 0 aliphatic rings. The topological polar surface area (TPSA) is 36.0 Å². The number of nitrogens with one attached hydrogen (secondary N) is 1. The number of aromatic hydroxyl groups is 1. The first kappa shape index (κ1) is 14.3. The molecule has 1 heterocycles. The van der Waals surface area contributed by atoms with Crippen molar-refractivity contribution in [2.45, 2.75) is 0 Å². The highest BCUT2D eigenvalue weighted by molar-refractivity contribution is 6.06. The Kier molecular flexibility index (Phi) is 3.64. The van der Waals surface area contributed by atoms with E-state index in [1.54, 1.807) is 6.07 Å². The van der Waals surface area contributed by atoms with Crippen LogP contribution in [0.2, 0.25) is 0 Å². The number of aromatic amines is 1. The maximum absolute atomic E-state index is 9.37. The standard InChI is InChI=1S/C12H9N.C10H8O/c1-3-7-11-9(5-1)10-6-2-4-8-12(10)13-11;11-10-7-3-5-8-4-1-2-6-9(8)10/h1-8,13H;1-7,11H. The van der Waals surface area contributed by atoms with Gasteiger partial charge in [0.25, 0.3) is 0 Å². The summed E-state index contributed by atoms with van der Waals surface area (Å²) in [5.41, 5.74) is 2.42. The normalized spacial score (nSPS) is 10.7. The fourth-order valence-electron chi connectivity index (χ4n) is 3.01. The van der Waals surface area contributed by atoms with Crippen LogP contribution in [0.5, 0.6) is 5.75 Å². The van der Waals surface area contributed by atoms with E-state index in [1.165, 1.54) is 21.8 Å². The summed E-state index contributed by atoms with van der Waals surface area (Å²) in [4.78, 5) is 3.38. The lowest BCUT2D eigenvalue weighted by molar-refractivity contribution is 0.481. The summed E-state index contributed by atoms with van der Waals surface area (Å²) in [5.74, 6) is 0.350. The molecule has 0 spiro atoms. The molecule has 4 aromatic carbocycles. The van der Waals surface area contributed by atoms with Crippen LogP contribution in [0.1, 0.15) is 0 Å². The van der Waals surface area contributed by atoms with Crippen LogP contribution in [0, 0.1) is 0 Å². The molecule has 0 saturated carbocycles. The summed E-state index contributed by atoms with van der Waals surface area (Å²) in [7, 11) is 0. The Morgan fingerprint density at radius 1 is 0.500 bits per heavy atom. The minimum absolute atomic E-state index is 0.350. The Morgan fingerprint density at radius 2 is 1.00 bits per heavy atom. The van der Waals surface area contributed by atoms with Crippen molar-refractivity contribution in [3.8, 4) is 5.75 Å². The molecule has 5 aromatic rings. The SMILES string of the molecule is Oc1cccc2ccccc12.c1ccc2c(c1)[nH]c1ccccc12. The van der Waals surface area contributed by atoms with Gasteiger partial charge in [0.15, 0.2) is 0 Å². The highest BCUT2D eigenvalue weighted by atomic mass is 16.3. The number of H-pyrrole nitrogens is 1. The molecule has 2 heteroatoms. The minimum atomic E-state index is 0.350. The van der Waals surface area contributed by atoms with Gasteiger partial charge in [-0.2, -0.15) is 0 Å². The molecule has 1 aromatic heterocycles. The molecule has 116 valence electrons. The van der Waals surface area contributed by atoms with Crippen molar-refractivity contribution in [1.82, 2.24) is 4.98 Å². The summed E-state index contributed by atoms with van der Waals surface area (Å²) in [6, 6.07) is 30.0. The van der Waals surface area contributed by atoms with E-state index in [2.05, 4.69) is 53.5 Å². The van der Waals surface area contributed by atoms with E-state index in [-0.39, 0.29) is 0 Å². The number of aromatic nitrogens is 1. The fraction of sp³-hybridized carbons (Fsp3) is 0. The number of fused-ring (bicyclic) bond motifs is 4. The van der Waals surface area contributed by atoms with Crippen LogP contribution in [0.4, 0.5) is 0 Å². The quantitative estimate of drug-likeness (QED) is 0.369. The number of phenols is 1. The molecule has 0 fully saturated rings. The van der Waals surface area contributed by atoms with Gasteiger partial charge in [-0.3, -0.25) is 0 Å². The lowest BCUT2D eigenvalue weighted by Crippen LogP contribution is -1.70. The average Bonchev–Trinajstić information content (AvgIpc) is 3.02. The van der Waals surface area contributed by atoms with E-state index in [1.807, 2.05) is 36.4 Å². The van der Waals surface area contributed by atoms with E-state index in [0.29, 0.717) is 5.75 Å². The molecule has 2 N–H and O–H groups in total. The van der Waals surface area contributed by atoms with Crippen LogP contribution in [-0.2, 0) is 0 Å². The second-order valence-electron chi connectivity index (χ2n) is 5.71. The number of hydrogen-bond acceptors (Lipinski definition) is 1. The Hall–Kier alpha value is -3.26. The van der Waals surface area contributed by atoms with E-state index >= 15 is 0 Å². The van der Waals surface area contributed by atoms with Crippen LogP contribution < -0.4 is 0 Å². The molecule has 0 atom stereocenters. The minimum Gasteiger partial charge on any atom is -0.507 e. The van der Waals surface area contributed by atoms with Crippen LogP contribution in [0.25, 0.3) is 32.6 Å². The summed E-state index contributed by atoms with van der Waals surface area (Å²) in [6.07, 6.45) is 0. The first-order chi connectivity index (χ1) is 11.8. The molecule has 0 amide bonds. The Bertz CT molecular complexity index is 1070. The maximum Gasteiger partial charge on any atom is 0.123 e. The first-order valence-electron chi connectivity index (χ1n) is 7.95. The molecule has 0 aliphatic heterocycles.